The van der Waals surface area contributed by atoms with Crippen molar-refractivity contribution in [2.45, 2.75) is 26.8 Å². The van der Waals surface area contributed by atoms with Gasteiger partial charge in [0.1, 0.15) is 5.01 Å². The van der Waals surface area contributed by atoms with Crippen LogP contribution in [-0.2, 0) is 13.0 Å². The highest BCUT2D eigenvalue weighted by atomic mass is 32.1. The van der Waals surface area contributed by atoms with E-state index in [1.54, 1.807) is 11.3 Å². The number of hydrogen-bond donors (Lipinski definition) is 0. The molecule has 0 aliphatic carbocycles. The minimum Gasteiger partial charge on any atom is -0.364 e. The van der Waals surface area contributed by atoms with Gasteiger partial charge >= 0.3 is 0 Å². The number of aryl methyl sites for hydroxylation is 1. The van der Waals surface area contributed by atoms with E-state index in [1.165, 1.54) is 15.3 Å². The molecule has 0 saturated carbocycles. The van der Waals surface area contributed by atoms with E-state index in [9.17, 15) is 4.79 Å². The highest BCUT2D eigenvalue weighted by Crippen LogP contribution is 2.33. The summed E-state index contributed by atoms with van der Waals surface area (Å²) in [6.45, 7) is 5.50. The first-order chi connectivity index (χ1) is 14.6. The maximum Gasteiger partial charge on any atom is 0.276 e. The van der Waals surface area contributed by atoms with Crippen molar-refractivity contribution < 1.29 is 0 Å². The van der Waals surface area contributed by atoms with Crippen LogP contribution >= 0.6 is 11.3 Å². The van der Waals surface area contributed by atoms with E-state index in [0.29, 0.717) is 0 Å². The van der Waals surface area contributed by atoms with Crippen molar-refractivity contribution in [1.82, 2.24) is 14.8 Å². The Bertz CT molecular complexity index is 1280. The van der Waals surface area contributed by atoms with Crippen LogP contribution in [0.4, 0.5) is 5.69 Å². The van der Waals surface area contributed by atoms with E-state index >= 15 is 0 Å². The molecule has 0 fully saturated rings. The molecule has 0 bridgehead atoms. The van der Waals surface area contributed by atoms with Gasteiger partial charge in [-0.2, -0.15) is 9.78 Å². The molecular weight excluding hydrogens is 392 g/mol. The number of nitrogens with zero attached hydrogens (tertiary/aromatic N) is 4. The highest BCUT2D eigenvalue weighted by Gasteiger charge is 2.23. The van der Waals surface area contributed by atoms with Gasteiger partial charge in [0.2, 0.25) is 0 Å². The largest absolute Gasteiger partial charge is 0.364 e. The lowest BCUT2D eigenvalue weighted by Crippen LogP contribution is -2.33. The standard InChI is InChI=1S/C24H22N4OS/c1-16-7-6-10-19(13-16)28-24(29)17(2)21(14-25-28)27-12-11-20-22(15-27)30-23(26-20)18-8-4-3-5-9-18/h3-10,13-14H,11-12,15H2,1-2H3. The fourth-order valence-electron chi connectivity index (χ4n) is 3.90. The summed E-state index contributed by atoms with van der Waals surface area (Å²) in [5, 5.41) is 5.55. The van der Waals surface area contributed by atoms with E-state index in [2.05, 4.69) is 22.1 Å². The van der Waals surface area contributed by atoms with Crippen molar-refractivity contribution in [3.63, 3.8) is 0 Å². The van der Waals surface area contributed by atoms with Crippen LogP contribution in [0.3, 0.4) is 0 Å². The van der Waals surface area contributed by atoms with Crippen LogP contribution in [-0.4, -0.2) is 21.3 Å². The Kier molecular flexibility index (Phi) is 4.71. The zero-order valence-electron chi connectivity index (χ0n) is 17.0. The molecule has 2 aromatic carbocycles. The minimum absolute atomic E-state index is 0.0711. The lowest BCUT2D eigenvalue weighted by molar-refractivity contribution is 0.711. The summed E-state index contributed by atoms with van der Waals surface area (Å²) in [6.07, 6.45) is 2.70. The van der Waals surface area contributed by atoms with Gasteiger partial charge in [-0.3, -0.25) is 4.79 Å². The molecule has 3 heterocycles. The molecule has 6 heteroatoms. The van der Waals surface area contributed by atoms with Gasteiger partial charge in [-0.15, -0.1) is 11.3 Å². The lowest BCUT2D eigenvalue weighted by Gasteiger charge is -2.29. The summed E-state index contributed by atoms with van der Waals surface area (Å²) < 4.78 is 1.49. The van der Waals surface area contributed by atoms with Gasteiger partial charge in [0, 0.05) is 29.0 Å². The third-order valence-electron chi connectivity index (χ3n) is 5.53. The van der Waals surface area contributed by atoms with Crippen molar-refractivity contribution in [2.75, 3.05) is 11.4 Å². The molecule has 0 radical (unpaired) electrons. The summed E-state index contributed by atoms with van der Waals surface area (Å²) in [5.41, 5.74) is 5.79. The van der Waals surface area contributed by atoms with Crippen molar-refractivity contribution >= 4 is 17.0 Å². The van der Waals surface area contributed by atoms with E-state index in [0.717, 1.165) is 52.6 Å². The second-order valence-corrected chi connectivity index (χ2v) is 8.72. The lowest BCUT2D eigenvalue weighted by atomic mass is 10.1. The number of anilines is 1. The topological polar surface area (TPSA) is 51.0 Å². The fraction of sp³-hybridized carbons (Fsp3) is 0.208. The monoisotopic (exact) mass is 414 g/mol. The molecule has 0 amide bonds. The Balaban J connectivity index is 1.46. The van der Waals surface area contributed by atoms with Crippen molar-refractivity contribution in [2.24, 2.45) is 0 Å². The van der Waals surface area contributed by atoms with Crippen LogP contribution in [0, 0.1) is 13.8 Å². The first-order valence-corrected chi connectivity index (χ1v) is 10.9. The Labute approximate surface area is 179 Å². The Hall–Kier alpha value is -3.25. The number of thiazole rings is 1. The maximum absolute atomic E-state index is 13.0. The molecular formula is C24H22N4OS. The minimum atomic E-state index is -0.0711. The van der Waals surface area contributed by atoms with Crippen LogP contribution in [0.5, 0.6) is 0 Å². The summed E-state index contributed by atoms with van der Waals surface area (Å²) in [7, 11) is 0. The number of aromatic nitrogens is 3. The van der Waals surface area contributed by atoms with E-state index < -0.39 is 0 Å². The average Bonchev–Trinajstić information content (AvgIpc) is 3.20. The average molecular weight is 415 g/mol. The zero-order valence-corrected chi connectivity index (χ0v) is 17.8. The van der Waals surface area contributed by atoms with Crippen LogP contribution < -0.4 is 10.5 Å². The van der Waals surface area contributed by atoms with Crippen LogP contribution in [0.15, 0.2) is 65.6 Å². The fourth-order valence-corrected chi connectivity index (χ4v) is 5.03. The number of rotatable bonds is 3. The summed E-state index contributed by atoms with van der Waals surface area (Å²) >= 11 is 1.74. The molecule has 0 N–H and O–H groups in total. The first kappa shape index (κ1) is 18.8. The van der Waals surface area contributed by atoms with Crippen LogP contribution in [0.25, 0.3) is 16.3 Å². The van der Waals surface area contributed by atoms with E-state index in [1.807, 2.05) is 62.5 Å². The highest BCUT2D eigenvalue weighted by molar-refractivity contribution is 7.15. The van der Waals surface area contributed by atoms with Crippen molar-refractivity contribution in [1.29, 1.82) is 0 Å². The summed E-state index contributed by atoms with van der Waals surface area (Å²) in [5.74, 6) is 0. The second kappa shape index (κ2) is 7.54. The van der Waals surface area contributed by atoms with Crippen LogP contribution in [0.1, 0.15) is 21.7 Å². The Morgan fingerprint density at radius 2 is 1.87 bits per heavy atom. The predicted molar refractivity (Wildman–Crippen MR) is 122 cm³/mol. The Morgan fingerprint density at radius 3 is 2.67 bits per heavy atom. The SMILES string of the molecule is Cc1cccc(-n2ncc(N3CCc4nc(-c5ccccc5)sc4C3)c(C)c2=O)c1. The van der Waals surface area contributed by atoms with Gasteiger partial charge in [0.15, 0.2) is 0 Å². The molecule has 1 aliphatic rings. The molecule has 150 valence electrons. The normalized spacial score (nSPS) is 13.3. The van der Waals surface area contributed by atoms with Gasteiger partial charge in [-0.25, -0.2) is 4.98 Å². The molecule has 0 unspecified atom stereocenters. The molecule has 2 aromatic heterocycles. The molecule has 4 aromatic rings. The predicted octanol–water partition coefficient (Wildman–Crippen LogP) is 4.54. The summed E-state index contributed by atoms with van der Waals surface area (Å²) in [6, 6.07) is 18.2. The van der Waals surface area contributed by atoms with Crippen molar-refractivity contribution in [3.05, 3.63) is 92.8 Å². The van der Waals surface area contributed by atoms with Crippen molar-refractivity contribution in [3.8, 4) is 16.3 Å². The van der Waals surface area contributed by atoms with E-state index in [4.69, 9.17) is 4.98 Å². The summed E-state index contributed by atoms with van der Waals surface area (Å²) in [4.78, 5) is 21.4. The smallest absolute Gasteiger partial charge is 0.276 e. The van der Waals surface area contributed by atoms with Gasteiger partial charge in [0.05, 0.1) is 29.8 Å². The zero-order chi connectivity index (χ0) is 20.7. The van der Waals surface area contributed by atoms with E-state index in [-0.39, 0.29) is 5.56 Å². The number of fused-ring (bicyclic) bond motifs is 1. The molecule has 1 aliphatic heterocycles. The molecule has 0 atom stereocenters. The van der Waals surface area contributed by atoms with Gasteiger partial charge < -0.3 is 4.90 Å². The quantitative estimate of drug-likeness (QED) is 0.494. The third-order valence-corrected chi connectivity index (χ3v) is 6.66. The maximum atomic E-state index is 13.0. The molecule has 0 saturated heterocycles. The second-order valence-electron chi connectivity index (χ2n) is 7.64. The molecule has 30 heavy (non-hydrogen) atoms. The third kappa shape index (κ3) is 3.33. The molecule has 0 spiro atoms. The number of hydrogen-bond acceptors (Lipinski definition) is 5. The molecule has 5 rings (SSSR count). The van der Waals surface area contributed by atoms with Gasteiger partial charge in [-0.05, 0) is 31.5 Å². The van der Waals surface area contributed by atoms with Gasteiger partial charge in [-0.1, -0.05) is 42.5 Å². The first-order valence-electron chi connectivity index (χ1n) is 10.0. The Morgan fingerprint density at radius 1 is 1.03 bits per heavy atom. The van der Waals surface area contributed by atoms with Gasteiger partial charge in [0.25, 0.3) is 5.56 Å². The molecule has 5 nitrogen and oxygen atoms in total. The number of benzene rings is 2. The van der Waals surface area contributed by atoms with Crippen LogP contribution in [0.2, 0.25) is 0 Å².